The Kier molecular flexibility index (Phi) is 3.11. The smallest absolute Gasteiger partial charge is 0.258 e. The predicted octanol–water partition coefficient (Wildman–Crippen LogP) is 2.63. The molecule has 0 unspecified atom stereocenters. The maximum absolute atomic E-state index is 12.2. The second-order valence-corrected chi connectivity index (χ2v) is 5.27. The first-order chi connectivity index (χ1) is 8.00. The molecule has 0 saturated heterocycles. The molecule has 1 saturated carbocycles. The average molecular weight is 315 g/mol. The normalized spacial score (nSPS) is 16.1. The highest BCUT2D eigenvalue weighted by Gasteiger charge is 2.49. The number of carbonyl (C=O) groups excluding carboxylic acids is 1. The van der Waals surface area contributed by atoms with Crippen LogP contribution in [0.4, 0.5) is 0 Å². The molecule has 1 fully saturated rings. The maximum Gasteiger partial charge on any atom is 0.258 e. The molecule has 17 heavy (non-hydrogen) atoms. The van der Waals surface area contributed by atoms with Gasteiger partial charge in [-0.05, 0) is 34.8 Å². The number of amides is 1. The number of hydrogen-bond acceptors (Lipinski definition) is 3. The van der Waals surface area contributed by atoms with Gasteiger partial charge in [-0.15, -0.1) is 0 Å². The van der Waals surface area contributed by atoms with Gasteiger partial charge in [-0.1, -0.05) is 11.6 Å². The van der Waals surface area contributed by atoms with Crippen molar-refractivity contribution in [3.63, 3.8) is 0 Å². The number of nitriles is 1. The van der Waals surface area contributed by atoms with E-state index in [-0.39, 0.29) is 11.1 Å². The highest BCUT2D eigenvalue weighted by atomic mass is 79.9. The second-order valence-electron chi connectivity index (χ2n) is 4.00. The molecule has 1 aliphatic rings. The molecular formula is C11H9BrClN3O. The van der Waals surface area contributed by atoms with E-state index in [4.69, 9.17) is 16.9 Å². The molecule has 0 aromatic carbocycles. The van der Waals surface area contributed by atoms with Crippen molar-refractivity contribution in [2.45, 2.75) is 18.4 Å². The van der Waals surface area contributed by atoms with Gasteiger partial charge >= 0.3 is 0 Å². The number of halogens is 2. The van der Waals surface area contributed by atoms with Gasteiger partial charge in [0.2, 0.25) is 0 Å². The molecule has 1 aliphatic carbocycles. The van der Waals surface area contributed by atoms with Crippen LogP contribution in [0.2, 0.25) is 5.15 Å². The molecule has 6 heteroatoms. The zero-order valence-electron chi connectivity index (χ0n) is 9.07. The standard InChI is InChI=1S/C11H9BrClN3O/c1-16(11(6-14)2-3-11)10(17)8-4-7(12)5-15-9(8)13/h4-5H,2-3H2,1H3. The molecule has 0 N–H and O–H groups in total. The van der Waals surface area contributed by atoms with Gasteiger partial charge in [0.25, 0.3) is 5.91 Å². The van der Waals surface area contributed by atoms with Crippen LogP contribution in [-0.2, 0) is 0 Å². The Morgan fingerprint density at radius 2 is 2.35 bits per heavy atom. The number of pyridine rings is 1. The molecule has 0 aliphatic heterocycles. The minimum absolute atomic E-state index is 0.152. The number of aromatic nitrogens is 1. The van der Waals surface area contributed by atoms with E-state index >= 15 is 0 Å². The summed E-state index contributed by atoms with van der Waals surface area (Å²) in [4.78, 5) is 17.5. The first kappa shape index (κ1) is 12.3. The minimum Gasteiger partial charge on any atom is -0.323 e. The van der Waals surface area contributed by atoms with E-state index in [1.54, 1.807) is 13.1 Å². The second kappa shape index (κ2) is 4.28. The van der Waals surface area contributed by atoms with Crippen molar-refractivity contribution in [3.8, 4) is 6.07 Å². The Balaban J connectivity index is 2.32. The molecule has 4 nitrogen and oxygen atoms in total. The van der Waals surface area contributed by atoms with Crippen LogP contribution < -0.4 is 0 Å². The summed E-state index contributed by atoms with van der Waals surface area (Å²) in [5.41, 5.74) is -0.340. The third-order valence-corrected chi connectivity index (χ3v) is 3.65. The number of hydrogen-bond donors (Lipinski definition) is 0. The monoisotopic (exact) mass is 313 g/mol. The fraction of sp³-hybridized carbons (Fsp3) is 0.364. The fourth-order valence-corrected chi connectivity index (χ4v) is 2.10. The summed E-state index contributed by atoms with van der Waals surface area (Å²) in [6.07, 6.45) is 2.95. The van der Waals surface area contributed by atoms with E-state index in [9.17, 15) is 4.79 Å². The lowest BCUT2D eigenvalue weighted by Gasteiger charge is -2.22. The van der Waals surface area contributed by atoms with Crippen molar-refractivity contribution >= 4 is 33.4 Å². The van der Waals surface area contributed by atoms with Crippen molar-refractivity contribution in [1.29, 1.82) is 5.26 Å². The van der Waals surface area contributed by atoms with Crippen LogP contribution in [-0.4, -0.2) is 28.4 Å². The van der Waals surface area contributed by atoms with Gasteiger partial charge in [-0.25, -0.2) is 4.98 Å². The van der Waals surface area contributed by atoms with Gasteiger partial charge in [0, 0.05) is 17.7 Å². The van der Waals surface area contributed by atoms with Crippen LogP contribution in [0, 0.1) is 11.3 Å². The number of carbonyl (C=O) groups is 1. The van der Waals surface area contributed by atoms with Gasteiger partial charge in [0.15, 0.2) is 0 Å². The Hall–Kier alpha value is -1.12. The first-order valence-corrected chi connectivity index (χ1v) is 6.18. The Labute approximate surface area is 112 Å². The Morgan fingerprint density at radius 3 is 2.88 bits per heavy atom. The predicted molar refractivity (Wildman–Crippen MR) is 66.6 cm³/mol. The third-order valence-electron chi connectivity index (χ3n) is 2.91. The zero-order chi connectivity index (χ0) is 12.6. The fourth-order valence-electron chi connectivity index (χ4n) is 1.59. The Bertz CT molecular complexity index is 522. The van der Waals surface area contributed by atoms with Crippen LogP contribution in [0.3, 0.4) is 0 Å². The molecule has 0 spiro atoms. The molecule has 1 amide bonds. The molecule has 1 heterocycles. The van der Waals surface area contributed by atoms with E-state index < -0.39 is 5.54 Å². The van der Waals surface area contributed by atoms with Crippen LogP contribution in [0.1, 0.15) is 23.2 Å². The summed E-state index contributed by atoms with van der Waals surface area (Å²) < 4.78 is 0.681. The molecule has 88 valence electrons. The summed E-state index contributed by atoms with van der Waals surface area (Å²) in [5.74, 6) is -0.275. The summed E-state index contributed by atoms with van der Waals surface area (Å²) in [5, 5.41) is 9.20. The van der Waals surface area contributed by atoms with Crippen LogP contribution in [0.15, 0.2) is 16.7 Å². The molecular weight excluding hydrogens is 305 g/mol. The Morgan fingerprint density at radius 1 is 1.71 bits per heavy atom. The topological polar surface area (TPSA) is 57.0 Å². The largest absolute Gasteiger partial charge is 0.323 e. The lowest BCUT2D eigenvalue weighted by molar-refractivity contribution is 0.0748. The van der Waals surface area contributed by atoms with Gasteiger partial charge in [0.05, 0.1) is 11.6 Å². The lowest BCUT2D eigenvalue weighted by atomic mass is 10.2. The molecule has 1 aromatic heterocycles. The summed E-state index contributed by atoms with van der Waals surface area (Å²) in [6.45, 7) is 0. The molecule has 0 bridgehead atoms. The van der Waals surface area contributed by atoms with E-state index in [1.165, 1.54) is 11.1 Å². The third kappa shape index (κ3) is 2.15. The van der Waals surface area contributed by atoms with Gasteiger partial charge < -0.3 is 4.90 Å². The quantitative estimate of drug-likeness (QED) is 0.789. The first-order valence-electron chi connectivity index (χ1n) is 5.01. The van der Waals surface area contributed by atoms with Crippen molar-refractivity contribution in [2.75, 3.05) is 7.05 Å². The van der Waals surface area contributed by atoms with Gasteiger partial charge in [-0.2, -0.15) is 5.26 Å². The summed E-state index contributed by atoms with van der Waals surface area (Å²) >= 11 is 9.13. The SMILES string of the molecule is CN(C(=O)c1cc(Br)cnc1Cl)C1(C#N)CC1. The lowest BCUT2D eigenvalue weighted by Crippen LogP contribution is -2.38. The highest BCUT2D eigenvalue weighted by Crippen LogP contribution is 2.41. The molecule has 0 atom stereocenters. The van der Waals surface area contributed by atoms with Crippen molar-refractivity contribution in [2.24, 2.45) is 0 Å². The van der Waals surface area contributed by atoms with Crippen molar-refractivity contribution in [1.82, 2.24) is 9.88 Å². The van der Waals surface area contributed by atoms with Crippen LogP contribution in [0.5, 0.6) is 0 Å². The zero-order valence-corrected chi connectivity index (χ0v) is 11.4. The maximum atomic E-state index is 12.2. The highest BCUT2D eigenvalue weighted by molar-refractivity contribution is 9.10. The van der Waals surface area contributed by atoms with Crippen LogP contribution in [0.25, 0.3) is 0 Å². The van der Waals surface area contributed by atoms with E-state index in [0.29, 0.717) is 22.9 Å². The number of nitrogens with zero attached hydrogens (tertiary/aromatic N) is 3. The van der Waals surface area contributed by atoms with E-state index in [0.717, 1.165) is 0 Å². The van der Waals surface area contributed by atoms with Gasteiger partial charge in [0.1, 0.15) is 10.7 Å². The number of rotatable bonds is 2. The van der Waals surface area contributed by atoms with Crippen molar-refractivity contribution in [3.05, 3.63) is 27.5 Å². The summed E-state index contributed by atoms with van der Waals surface area (Å²) in [6, 6.07) is 3.78. The molecule has 0 radical (unpaired) electrons. The van der Waals surface area contributed by atoms with E-state index in [2.05, 4.69) is 27.0 Å². The van der Waals surface area contributed by atoms with Crippen LogP contribution >= 0.6 is 27.5 Å². The van der Waals surface area contributed by atoms with Gasteiger partial charge in [-0.3, -0.25) is 4.79 Å². The molecule has 2 rings (SSSR count). The average Bonchev–Trinajstić information content (AvgIpc) is 3.11. The molecule has 1 aromatic rings. The van der Waals surface area contributed by atoms with Crippen molar-refractivity contribution < 1.29 is 4.79 Å². The summed E-state index contributed by atoms with van der Waals surface area (Å²) in [7, 11) is 1.62. The van der Waals surface area contributed by atoms with E-state index in [1.807, 2.05) is 0 Å². The minimum atomic E-state index is -0.650.